The third-order valence-corrected chi connectivity index (χ3v) is 3.07. The first-order valence-electron chi connectivity index (χ1n) is 5.21. The van der Waals surface area contributed by atoms with Gasteiger partial charge >= 0.3 is 7.82 Å². The van der Waals surface area contributed by atoms with Crippen molar-refractivity contribution < 1.29 is 18.2 Å². The molecule has 0 aliphatic heterocycles. The molecular formula is C10H15N2O4P. The third-order valence-electron chi connectivity index (χ3n) is 1.63. The molecule has 1 heterocycles. The quantitative estimate of drug-likeness (QED) is 0.427. The topological polar surface area (TPSA) is 70.0 Å². The molecule has 0 aliphatic carbocycles. The van der Waals surface area contributed by atoms with Crippen molar-refractivity contribution in [2.45, 2.75) is 13.8 Å². The summed E-state index contributed by atoms with van der Waals surface area (Å²) >= 11 is 0. The van der Waals surface area contributed by atoms with E-state index in [1.54, 1.807) is 38.4 Å². The number of oxime groups is 1. The maximum Gasteiger partial charge on any atom is 0.550 e. The van der Waals surface area contributed by atoms with Crippen molar-refractivity contribution in [3.63, 3.8) is 0 Å². The minimum Gasteiger partial charge on any atom is -0.292 e. The highest BCUT2D eigenvalue weighted by Crippen LogP contribution is 2.49. The predicted molar refractivity (Wildman–Crippen MR) is 63.8 cm³/mol. The molecule has 94 valence electrons. The van der Waals surface area contributed by atoms with Crippen LogP contribution in [-0.4, -0.2) is 24.4 Å². The van der Waals surface area contributed by atoms with Gasteiger partial charge in [0.1, 0.15) is 0 Å². The van der Waals surface area contributed by atoms with Crippen LogP contribution in [0.15, 0.2) is 29.7 Å². The van der Waals surface area contributed by atoms with E-state index in [9.17, 15) is 4.57 Å². The molecule has 1 rings (SSSR count). The lowest BCUT2D eigenvalue weighted by Crippen LogP contribution is -1.97. The van der Waals surface area contributed by atoms with Gasteiger partial charge in [-0.25, -0.2) is 4.57 Å². The van der Waals surface area contributed by atoms with Gasteiger partial charge in [0.05, 0.1) is 19.4 Å². The standard InChI is InChI=1S/C10H15N2O4P/c1-3-14-17(13,15-4-2)16-12-9-10-5-7-11-8-6-10/h5-9H,3-4H2,1-2H3. The van der Waals surface area contributed by atoms with E-state index in [0.717, 1.165) is 5.56 Å². The van der Waals surface area contributed by atoms with E-state index >= 15 is 0 Å². The first-order chi connectivity index (χ1) is 8.20. The molecule has 0 bridgehead atoms. The first kappa shape index (κ1) is 13.8. The van der Waals surface area contributed by atoms with Gasteiger partial charge in [-0.15, -0.1) is 0 Å². The SMILES string of the molecule is CCOP(=O)(OCC)ON=Cc1ccncc1. The number of rotatable bonds is 7. The Morgan fingerprint density at radius 1 is 1.29 bits per heavy atom. The van der Waals surface area contributed by atoms with Gasteiger partial charge in [0.2, 0.25) is 0 Å². The molecule has 0 unspecified atom stereocenters. The van der Waals surface area contributed by atoms with Gasteiger partial charge < -0.3 is 0 Å². The van der Waals surface area contributed by atoms with E-state index in [2.05, 4.69) is 10.1 Å². The molecule has 0 aromatic carbocycles. The van der Waals surface area contributed by atoms with Crippen molar-refractivity contribution >= 4 is 14.0 Å². The molecule has 17 heavy (non-hydrogen) atoms. The minimum absolute atomic E-state index is 0.224. The molecule has 0 fully saturated rings. The van der Waals surface area contributed by atoms with Crippen LogP contribution in [0.5, 0.6) is 0 Å². The Morgan fingerprint density at radius 2 is 1.88 bits per heavy atom. The second kappa shape index (κ2) is 7.17. The lowest BCUT2D eigenvalue weighted by Gasteiger charge is -2.12. The molecule has 0 spiro atoms. The Balaban J connectivity index is 2.58. The average molecular weight is 258 g/mol. The van der Waals surface area contributed by atoms with Crippen LogP contribution in [0.4, 0.5) is 0 Å². The number of phosphoric acid groups is 1. The number of pyridine rings is 1. The van der Waals surface area contributed by atoms with E-state index in [1.807, 2.05) is 0 Å². The molecule has 7 heteroatoms. The largest absolute Gasteiger partial charge is 0.550 e. The second-order valence-electron chi connectivity index (χ2n) is 2.88. The normalized spacial score (nSPS) is 11.9. The van der Waals surface area contributed by atoms with Gasteiger partial charge in [0.25, 0.3) is 0 Å². The molecule has 0 saturated carbocycles. The summed E-state index contributed by atoms with van der Waals surface area (Å²) in [6, 6.07) is 3.47. The zero-order chi connectivity index (χ0) is 12.6. The first-order valence-corrected chi connectivity index (χ1v) is 6.67. The van der Waals surface area contributed by atoms with E-state index in [4.69, 9.17) is 13.7 Å². The number of hydrogen-bond acceptors (Lipinski definition) is 6. The maximum absolute atomic E-state index is 11.8. The molecule has 0 aliphatic rings. The van der Waals surface area contributed by atoms with Crippen molar-refractivity contribution in [2.75, 3.05) is 13.2 Å². The molecule has 0 saturated heterocycles. The van der Waals surface area contributed by atoms with Gasteiger partial charge in [0, 0.05) is 12.4 Å². The van der Waals surface area contributed by atoms with Crippen LogP contribution in [0.2, 0.25) is 0 Å². The summed E-state index contributed by atoms with van der Waals surface area (Å²) in [6.07, 6.45) is 4.64. The molecular weight excluding hydrogens is 243 g/mol. The summed E-state index contributed by atoms with van der Waals surface area (Å²) in [7, 11) is -3.57. The molecule has 1 aromatic heterocycles. The van der Waals surface area contributed by atoms with Crippen LogP contribution < -0.4 is 0 Å². The highest BCUT2D eigenvalue weighted by atomic mass is 31.2. The van der Waals surface area contributed by atoms with Crippen LogP contribution in [0.1, 0.15) is 19.4 Å². The zero-order valence-electron chi connectivity index (χ0n) is 9.78. The molecule has 6 nitrogen and oxygen atoms in total. The van der Waals surface area contributed by atoms with Crippen LogP contribution >= 0.6 is 7.82 Å². The lowest BCUT2D eigenvalue weighted by atomic mass is 10.3. The Bertz CT molecular complexity index is 387. The van der Waals surface area contributed by atoms with Crippen molar-refractivity contribution in [3.8, 4) is 0 Å². The number of nitrogens with zero attached hydrogens (tertiary/aromatic N) is 2. The molecule has 0 radical (unpaired) electrons. The van der Waals surface area contributed by atoms with Crippen molar-refractivity contribution in [1.82, 2.24) is 4.98 Å². The second-order valence-corrected chi connectivity index (χ2v) is 4.45. The fourth-order valence-electron chi connectivity index (χ4n) is 0.992. The minimum atomic E-state index is -3.57. The Hall–Kier alpha value is -1.23. The monoisotopic (exact) mass is 258 g/mol. The van der Waals surface area contributed by atoms with Crippen molar-refractivity contribution in [1.29, 1.82) is 0 Å². The number of phosphoric ester groups is 1. The van der Waals surface area contributed by atoms with Crippen LogP contribution in [0.25, 0.3) is 0 Å². The highest BCUT2D eigenvalue weighted by Gasteiger charge is 2.26. The Labute approximate surface area is 100 Å². The van der Waals surface area contributed by atoms with Crippen molar-refractivity contribution in [3.05, 3.63) is 30.1 Å². The summed E-state index contributed by atoms with van der Waals surface area (Å²) in [6.45, 7) is 3.84. The Kier molecular flexibility index (Phi) is 5.83. The van der Waals surface area contributed by atoms with Gasteiger partial charge in [-0.1, -0.05) is 5.16 Å². The number of aromatic nitrogens is 1. The van der Waals surface area contributed by atoms with Crippen LogP contribution in [-0.2, 0) is 18.2 Å². The number of hydrogen-bond donors (Lipinski definition) is 0. The molecule has 1 aromatic rings. The summed E-state index contributed by atoms with van der Waals surface area (Å²) in [4.78, 5) is 3.85. The predicted octanol–water partition coefficient (Wildman–Crippen LogP) is 2.61. The van der Waals surface area contributed by atoms with E-state index in [-0.39, 0.29) is 13.2 Å². The van der Waals surface area contributed by atoms with Gasteiger partial charge in [0.15, 0.2) is 0 Å². The van der Waals surface area contributed by atoms with Crippen molar-refractivity contribution in [2.24, 2.45) is 5.16 Å². The van der Waals surface area contributed by atoms with E-state index in [1.165, 1.54) is 6.21 Å². The maximum atomic E-state index is 11.8. The van der Waals surface area contributed by atoms with E-state index < -0.39 is 7.82 Å². The highest BCUT2D eigenvalue weighted by molar-refractivity contribution is 7.48. The van der Waals surface area contributed by atoms with E-state index in [0.29, 0.717) is 0 Å². The lowest BCUT2D eigenvalue weighted by molar-refractivity contribution is 0.125. The van der Waals surface area contributed by atoms with Crippen LogP contribution in [0, 0.1) is 0 Å². The summed E-state index contributed by atoms with van der Waals surface area (Å²) in [5, 5.41) is 3.59. The average Bonchev–Trinajstić information content (AvgIpc) is 2.31. The summed E-state index contributed by atoms with van der Waals surface area (Å²) in [5.74, 6) is 0. The van der Waals surface area contributed by atoms with Gasteiger partial charge in [-0.2, -0.15) is 0 Å². The Morgan fingerprint density at radius 3 is 2.41 bits per heavy atom. The zero-order valence-corrected chi connectivity index (χ0v) is 10.7. The summed E-state index contributed by atoms with van der Waals surface area (Å²) < 4.78 is 26.4. The fourth-order valence-corrected chi connectivity index (χ4v) is 1.96. The molecule has 0 amide bonds. The van der Waals surface area contributed by atoms with Gasteiger partial charge in [-0.3, -0.25) is 18.7 Å². The smallest absolute Gasteiger partial charge is 0.292 e. The molecule has 0 N–H and O–H groups in total. The summed E-state index contributed by atoms with van der Waals surface area (Å²) in [5.41, 5.74) is 0.777. The fraction of sp³-hybridized carbons (Fsp3) is 0.400. The van der Waals surface area contributed by atoms with Crippen LogP contribution in [0.3, 0.4) is 0 Å². The third kappa shape index (κ3) is 5.08. The van der Waals surface area contributed by atoms with Gasteiger partial charge in [-0.05, 0) is 31.5 Å². The molecule has 0 atom stereocenters.